The van der Waals surface area contributed by atoms with Crippen molar-refractivity contribution in [3.63, 3.8) is 0 Å². The summed E-state index contributed by atoms with van der Waals surface area (Å²) in [5.41, 5.74) is 3.97. The minimum absolute atomic E-state index is 0.107. The number of aliphatic hydroxyl groups excluding tert-OH is 1. The van der Waals surface area contributed by atoms with E-state index in [0.29, 0.717) is 37.0 Å². The predicted octanol–water partition coefficient (Wildman–Crippen LogP) is 5.41. The monoisotopic (exact) mass is 539 g/mol. The van der Waals surface area contributed by atoms with Crippen LogP contribution < -0.4 is 9.64 Å². The van der Waals surface area contributed by atoms with E-state index < -0.39 is 0 Å². The summed E-state index contributed by atoms with van der Waals surface area (Å²) in [6.45, 7) is 4.95. The molecule has 1 saturated heterocycles. The van der Waals surface area contributed by atoms with Crippen molar-refractivity contribution in [2.75, 3.05) is 38.3 Å². The van der Waals surface area contributed by atoms with E-state index in [9.17, 15) is 9.90 Å². The van der Waals surface area contributed by atoms with E-state index >= 15 is 0 Å². The quantitative estimate of drug-likeness (QED) is 0.524. The van der Waals surface area contributed by atoms with Crippen LogP contribution in [0.15, 0.2) is 36.4 Å². The van der Waals surface area contributed by atoms with Crippen LogP contribution in [0.3, 0.4) is 0 Å². The number of halogens is 1. The maximum absolute atomic E-state index is 12.5. The van der Waals surface area contributed by atoms with Crippen LogP contribution in [-0.4, -0.2) is 56.7 Å². The number of nitrogens with zero attached hydrogens (tertiary/aromatic N) is 1. The van der Waals surface area contributed by atoms with Gasteiger partial charge in [-0.2, -0.15) is 0 Å². The number of anilines is 1. The van der Waals surface area contributed by atoms with Crippen molar-refractivity contribution in [3.05, 3.63) is 58.1 Å². The second-order valence-corrected chi connectivity index (χ2v) is 12.4. The van der Waals surface area contributed by atoms with Crippen LogP contribution in [0.2, 0.25) is 5.02 Å². The van der Waals surface area contributed by atoms with E-state index in [1.807, 2.05) is 18.2 Å². The number of benzene rings is 2. The molecular formula is C31H38ClNO5. The van der Waals surface area contributed by atoms with E-state index in [1.54, 1.807) is 6.07 Å². The van der Waals surface area contributed by atoms with Crippen LogP contribution in [0.5, 0.6) is 5.75 Å². The molecule has 2 aliphatic carbocycles. The number of aliphatic hydroxyl groups is 1. The van der Waals surface area contributed by atoms with Crippen molar-refractivity contribution < 1.29 is 24.1 Å². The number of hydrogen-bond acceptors (Lipinski definition) is 6. The highest BCUT2D eigenvalue weighted by molar-refractivity contribution is 6.30. The summed E-state index contributed by atoms with van der Waals surface area (Å²) in [5, 5.41) is 11.3. The maximum atomic E-state index is 12.5. The van der Waals surface area contributed by atoms with E-state index in [1.165, 1.54) is 18.2 Å². The third-order valence-corrected chi connectivity index (χ3v) is 9.81. The van der Waals surface area contributed by atoms with Crippen molar-refractivity contribution in [2.45, 2.75) is 63.1 Å². The third kappa shape index (κ3) is 4.69. The Hall–Kier alpha value is -2.28. The molecule has 38 heavy (non-hydrogen) atoms. The normalized spacial score (nSPS) is 32.4. The SMILES string of the molecule is COC(=O)c1ccc2c(c1)N(C[C@@H]1CC[C@H]1[C@@H]1C[C@@H](O)[C@@H](C)CO1)C[C@@]1(CCCc3cc(Cl)ccc31)CO2. The number of carbonyl (C=O) groups excluding carboxylic acids is 1. The van der Waals surface area contributed by atoms with Crippen LogP contribution in [-0.2, 0) is 21.3 Å². The largest absolute Gasteiger partial charge is 0.490 e. The summed E-state index contributed by atoms with van der Waals surface area (Å²) in [4.78, 5) is 14.9. The van der Waals surface area contributed by atoms with Gasteiger partial charge in [0.15, 0.2) is 0 Å². The molecular weight excluding hydrogens is 502 g/mol. The molecule has 6 nitrogen and oxygen atoms in total. The zero-order valence-corrected chi connectivity index (χ0v) is 23.1. The van der Waals surface area contributed by atoms with Gasteiger partial charge < -0.3 is 24.2 Å². The molecule has 2 heterocycles. The van der Waals surface area contributed by atoms with Crippen LogP contribution in [0.4, 0.5) is 5.69 Å². The first kappa shape index (κ1) is 26.0. The van der Waals surface area contributed by atoms with Gasteiger partial charge in [0.2, 0.25) is 0 Å². The smallest absolute Gasteiger partial charge is 0.337 e. The van der Waals surface area contributed by atoms with Crippen LogP contribution in [0.25, 0.3) is 0 Å². The fourth-order valence-electron chi connectivity index (χ4n) is 7.18. The van der Waals surface area contributed by atoms with Crippen LogP contribution in [0, 0.1) is 17.8 Å². The summed E-state index contributed by atoms with van der Waals surface area (Å²) >= 11 is 6.39. The first-order valence-electron chi connectivity index (χ1n) is 14.1. The lowest BCUT2D eigenvalue weighted by atomic mass is 9.67. The Balaban J connectivity index is 1.33. The van der Waals surface area contributed by atoms with Gasteiger partial charge in [0.25, 0.3) is 0 Å². The molecule has 2 aromatic rings. The van der Waals surface area contributed by atoms with Gasteiger partial charge in [0.1, 0.15) is 5.75 Å². The van der Waals surface area contributed by atoms with E-state index in [0.717, 1.165) is 61.7 Å². The summed E-state index contributed by atoms with van der Waals surface area (Å²) < 4.78 is 17.8. The molecule has 204 valence electrons. The van der Waals surface area contributed by atoms with Crippen molar-refractivity contribution in [3.8, 4) is 5.75 Å². The highest BCUT2D eigenvalue weighted by Gasteiger charge is 2.45. The molecule has 6 rings (SSSR count). The third-order valence-electron chi connectivity index (χ3n) is 9.57. The zero-order valence-electron chi connectivity index (χ0n) is 22.3. The Kier molecular flexibility index (Phi) is 7.08. The number of rotatable bonds is 4. The second-order valence-electron chi connectivity index (χ2n) is 11.9. The summed E-state index contributed by atoms with van der Waals surface area (Å²) in [5.74, 6) is 1.55. The van der Waals surface area contributed by atoms with E-state index in [-0.39, 0.29) is 29.5 Å². The molecule has 4 aliphatic rings. The molecule has 1 spiro atoms. The fraction of sp³-hybridized carbons (Fsp3) is 0.581. The van der Waals surface area contributed by atoms with Crippen molar-refractivity contribution in [1.29, 1.82) is 0 Å². The molecule has 0 aromatic heterocycles. The Morgan fingerprint density at radius 3 is 2.87 bits per heavy atom. The topological polar surface area (TPSA) is 68.2 Å². The zero-order chi connectivity index (χ0) is 26.4. The number of methoxy groups -OCH3 is 1. The van der Waals surface area contributed by atoms with Crippen LogP contribution >= 0.6 is 11.6 Å². The van der Waals surface area contributed by atoms with Gasteiger partial charge in [0, 0.05) is 35.9 Å². The van der Waals surface area contributed by atoms with Gasteiger partial charge in [-0.3, -0.25) is 0 Å². The van der Waals surface area contributed by atoms with E-state index in [4.69, 9.17) is 25.8 Å². The van der Waals surface area contributed by atoms with Gasteiger partial charge in [-0.25, -0.2) is 4.79 Å². The van der Waals surface area contributed by atoms with Crippen molar-refractivity contribution in [2.24, 2.45) is 17.8 Å². The molecule has 1 saturated carbocycles. The molecule has 0 radical (unpaired) electrons. The molecule has 6 atom stereocenters. The van der Waals surface area contributed by atoms with Crippen molar-refractivity contribution in [1.82, 2.24) is 0 Å². The molecule has 2 aliphatic heterocycles. The molecule has 7 heteroatoms. The maximum Gasteiger partial charge on any atom is 0.337 e. The highest BCUT2D eigenvalue weighted by Crippen LogP contribution is 2.47. The average molecular weight is 540 g/mol. The molecule has 0 unspecified atom stereocenters. The Labute approximate surface area is 230 Å². The number of fused-ring (bicyclic) bond motifs is 3. The molecule has 0 amide bonds. The van der Waals surface area contributed by atoms with Gasteiger partial charge >= 0.3 is 5.97 Å². The van der Waals surface area contributed by atoms with Crippen LogP contribution in [0.1, 0.15) is 60.5 Å². The number of ether oxygens (including phenoxy) is 3. The lowest BCUT2D eigenvalue weighted by molar-refractivity contribution is -0.124. The molecule has 2 aromatic carbocycles. The second kappa shape index (κ2) is 10.4. The minimum atomic E-state index is -0.343. The average Bonchev–Trinajstić information content (AvgIpc) is 3.05. The Bertz CT molecular complexity index is 1200. The van der Waals surface area contributed by atoms with Gasteiger partial charge in [0.05, 0.1) is 43.8 Å². The Morgan fingerprint density at radius 1 is 1.24 bits per heavy atom. The lowest BCUT2D eigenvalue weighted by Crippen LogP contribution is -2.51. The van der Waals surface area contributed by atoms with Gasteiger partial charge in [-0.1, -0.05) is 24.6 Å². The highest BCUT2D eigenvalue weighted by atomic mass is 35.5. The van der Waals surface area contributed by atoms with Gasteiger partial charge in [-0.15, -0.1) is 0 Å². The van der Waals surface area contributed by atoms with E-state index in [2.05, 4.69) is 24.0 Å². The number of hydrogen-bond donors (Lipinski definition) is 1. The number of aryl methyl sites for hydroxylation is 1. The standard InChI is InChI=1S/C31H38ClNO5/c1-19-16-37-29(14-27(19)34)24-8-5-22(24)15-33-17-31(11-3-4-20-12-23(32)7-9-25(20)31)18-38-28-10-6-21(13-26(28)33)30(35)36-2/h6-7,9-10,12-13,19,22,24,27,29,34H,3-5,8,11,14-18H2,1-2H3/t19-,22-,24+,27+,29-,31-/m0/s1. The van der Waals surface area contributed by atoms with Gasteiger partial charge in [-0.05, 0) is 85.4 Å². The summed E-state index contributed by atoms with van der Waals surface area (Å²) in [7, 11) is 1.42. The fourth-order valence-corrected chi connectivity index (χ4v) is 7.37. The molecule has 1 N–H and O–H groups in total. The Morgan fingerprint density at radius 2 is 2.11 bits per heavy atom. The summed E-state index contributed by atoms with van der Waals surface area (Å²) in [6, 6.07) is 11.9. The predicted molar refractivity (Wildman–Crippen MR) is 147 cm³/mol. The minimum Gasteiger partial charge on any atom is -0.490 e. The molecule has 2 fully saturated rings. The molecule has 0 bridgehead atoms. The van der Waals surface area contributed by atoms with Crippen molar-refractivity contribution >= 4 is 23.3 Å². The number of esters is 1. The lowest BCUT2D eigenvalue weighted by Gasteiger charge is -2.48. The first-order chi connectivity index (χ1) is 18.4. The first-order valence-corrected chi connectivity index (χ1v) is 14.4. The summed E-state index contributed by atoms with van der Waals surface area (Å²) in [6.07, 6.45) is 5.95. The number of carbonyl (C=O) groups is 1.